The summed E-state index contributed by atoms with van der Waals surface area (Å²) in [5.41, 5.74) is -0.124. The first kappa shape index (κ1) is 15.5. The third kappa shape index (κ3) is 3.06. The fourth-order valence-electron chi connectivity index (χ4n) is 1.97. The second-order valence-corrected chi connectivity index (χ2v) is 7.22. The minimum Gasteiger partial charge on any atom is -0.465 e. The second kappa shape index (κ2) is 5.12. The summed E-state index contributed by atoms with van der Waals surface area (Å²) in [5.74, 6) is -0.616. The van der Waals surface area contributed by atoms with E-state index in [0.29, 0.717) is 5.52 Å². The highest BCUT2D eigenvalue weighted by atomic mass is 32.2. The van der Waals surface area contributed by atoms with E-state index in [0.717, 1.165) is 0 Å². The highest BCUT2D eigenvalue weighted by molar-refractivity contribution is 7.89. The van der Waals surface area contributed by atoms with Crippen LogP contribution in [0.5, 0.6) is 0 Å². The van der Waals surface area contributed by atoms with Gasteiger partial charge in [-0.15, -0.1) is 0 Å². The van der Waals surface area contributed by atoms with Crippen molar-refractivity contribution in [2.75, 3.05) is 7.11 Å². The maximum Gasteiger partial charge on any atom is 0.338 e. The lowest BCUT2D eigenvalue weighted by Gasteiger charge is -2.19. The van der Waals surface area contributed by atoms with E-state index in [9.17, 15) is 13.2 Å². The fourth-order valence-corrected chi connectivity index (χ4v) is 3.52. The Hall–Kier alpha value is -1.93. The molecule has 2 rings (SSSR count). The summed E-state index contributed by atoms with van der Waals surface area (Å²) >= 11 is 0. The quantitative estimate of drug-likeness (QED) is 0.835. The lowest BCUT2D eigenvalue weighted by molar-refractivity contribution is 0.0603. The van der Waals surface area contributed by atoms with Gasteiger partial charge < -0.3 is 4.74 Å². The van der Waals surface area contributed by atoms with E-state index in [1.165, 1.54) is 13.2 Å². The van der Waals surface area contributed by atoms with Gasteiger partial charge >= 0.3 is 5.97 Å². The van der Waals surface area contributed by atoms with Crippen LogP contribution in [0.4, 0.5) is 0 Å². The Morgan fingerprint density at radius 2 is 2.00 bits per heavy atom. The maximum atomic E-state index is 12.5. The largest absolute Gasteiger partial charge is 0.465 e. The molecular weight excluding hydrogens is 294 g/mol. The molecule has 0 bridgehead atoms. The molecule has 0 radical (unpaired) electrons. The predicted molar refractivity (Wildman–Crippen MR) is 77.5 cm³/mol. The molecule has 0 aliphatic heterocycles. The van der Waals surface area contributed by atoms with Crippen LogP contribution in [0.1, 0.15) is 31.1 Å². The van der Waals surface area contributed by atoms with Crippen LogP contribution in [0, 0.1) is 0 Å². The van der Waals surface area contributed by atoms with Crippen LogP contribution in [0.3, 0.4) is 0 Å². The number of aromatic nitrogens is 2. The molecule has 0 aliphatic rings. The minimum absolute atomic E-state index is 0.145. The van der Waals surface area contributed by atoms with Crippen LogP contribution in [-0.2, 0) is 14.8 Å². The van der Waals surface area contributed by atoms with Crippen LogP contribution >= 0.6 is 0 Å². The van der Waals surface area contributed by atoms with Gasteiger partial charge in [-0.3, -0.25) is 5.10 Å². The van der Waals surface area contributed by atoms with Crippen LogP contribution in [0.2, 0.25) is 0 Å². The van der Waals surface area contributed by atoms with Gasteiger partial charge in [0.1, 0.15) is 0 Å². The molecule has 1 aromatic heterocycles. The van der Waals surface area contributed by atoms with Crippen molar-refractivity contribution in [1.29, 1.82) is 0 Å². The Kier molecular flexibility index (Phi) is 3.77. The number of H-pyrrole nitrogens is 1. The van der Waals surface area contributed by atoms with E-state index in [4.69, 9.17) is 0 Å². The van der Waals surface area contributed by atoms with E-state index in [1.54, 1.807) is 32.9 Å². The standard InChI is InChI=1S/C13H17N3O4S/c1-13(2,3)16-21(18,19)11-10-8(12(17)20-4)6-5-7-9(10)14-15-11/h5-7,16H,1-4H3,(H,14,15). The molecule has 114 valence electrons. The van der Waals surface area contributed by atoms with E-state index >= 15 is 0 Å². The van der Waals surface area contributed by atoms with Gasteiger partial charge in [-0.05, 0) is 32.9 Å². The SMILES string of the molecule is COC(=O)c1cccc2n[nH]c(S(=O)(=O)NC(C)(C)C)c12. The van der Waals surface area contributed by atoms with Gasteiger partial charge in [0.25, 0.3) is 10.0 Å². The van der Waals surface area contributed by atoms with Crippen LogP contribution in [-0.4, -0.2) is 37.2 Å². The van der Waals surface area contributed by atoms with E-state index in [2.05, 4.69) is 19.7 Å². The molecule has 0 saturated carbocycles. The number of carbonyl (C=O) groups is 1. The van der Waals surface area contributed by atoms with Crippen molar-refractivity contribution in [3.8, 4) is 0 Å². The molecule has 0 spiro atoms. The van der Waals surface area contributed by atoms with Crippen molar-refractivity contribution in [3.63, 3.8) is 0 Å². The smallest absolute Gasteiger partial charge is 0.338 e. The summed E-state index contributed by atoms with van der Waals surface area (Å²) in [5, 5.41) is 6.51. The molecule has 0 unspecified atom stereocenters. The molecular formula is C13H17N3O4S. The lowest BCUT2D eigenvalue weighted by Crippen LogP contribution is -2.40. The Morgan fingerprint density at radius 3 is 2.57 bits per heavy atom. The first-order valence-electron chi connectivity index (χ1n) is 6.25. The molecule has 8 heteroatoms. The average Bonchev–Trinajstić information content (AvgIpc) is 2.79. The van der Waals surface area contributed by atoms with Crippen LogP contribution < -0.4 is 4.72 Å². The fraction of sp³-hybridized carbons (Fsp3) is 0.385. The van der Waals surface area contributed by atoms with Crippen molar-refractivity contribution in [3.05, 3.63) is 23.8 Å². The second-order valence-electron chi connectivity index (χ2n) is 5.60. The molecule has 1 heterocycles. The zero-order valence-corrected chi connectivity index (χ0v) is 13.0. The zero-order valence-electron chi connectivity index (χ0n) is 12.2. The third-order valence-corrected chi connectivity index (χ3v) is 4.38. The zero-order chi connectivity index (χ0) is 15.8. The highest BCUT2D eigenvalue weighted by Crippen LogP contribution is 2.25. The normalized spacial score (nSPS) is 12.6. The summed E-state index contributed by atoms with van der Waals surface area (Å²) < 4.78 is 32.1. The Labute approximate surface area is 122 Å². The number of fused-ring (bicyclic) bond motifs is 1. The summed E-state index contributed by atoms with van der Waals surface area (Å²) in [6.07, 6.45) is 0. The van der Waals surface area contributed by atoms with E-state index in [-0.39, 0.29) is 16.0 Å². The molecule has 0 saturated heterocycles. The predicted octanol–water partition coefficient (Wildman–Crippen LogP) is 1.43. The third-order valence-electron chi connectivity index (χ3n) is 2.66. The molecule has 7 nitrogen and oxygen atoms in total. The number of rotatable bonds is 3. The number of hydrogen-bond donors (Lipinski definition) is 2. The number of carbonyl (C=O) groups excluding carboxylic acids is 1. The van der Waals surface area contributed by atoms with Crippen molar-refractivity contribution in [1.82, 2.24) is 14.9 Å². The molecule has 0 atom stereocenters. The molecule has 0 fully saturated rings. The number of nitrogens with one attached hydrogen (secondary N) is 2. The van der Waals surface area contributed by atoms with Crippen LogP contribution in [0.25, 0.3) is 10.9 Å². The average molecular weight is 311 g/mol. The first-order valence-corrected chi connectivity index (χ1v) is 7.73. The summed E-state index contributed by atoms with van der Waals surface area (Å²) in [6.45, 7) is 5.18. The number of ether oxygens (including phenoxy) is 1. The molecule has 2 N–H and O–H groups in total. The molecule has 1 aromatic carbocycles. The Balaban J connectivity index is 2.69. The van der Waals surface area contributed by atoms with Gasteiger partial charge in [0, 0.05) is 5.54 Å². The topological polar surface area (TPSA) is 101 Å². The number of aromatic amines is 1. The van der Waals surface area contributed by atoms with Crippen molar-refractivity contribution in [2.45, 2.75) is 31.3 Å². The van der Waals surface area contributed by atoms with Gasteiger partial charge in [-0.1, -0.05) is 6.07 Å². The van der Waals surface area contributed by atoms with Gasteiger partial charge in [-0.2, -0.15) is 5.10 Å². The Morgan fingerprint density at radius 1 is 1.33 bits per heavy atom. The van der Waals surface area contributed by atoms with Gasteiger partial charge in [0.2, 0.25) is 0 Å². The summed E-state index contributed by atoms with van der Waals surface area (Å²) in [7, 11) is -2.60. The van der Waals surface area contributed by atoms with Crippen molar-refractivity contribution < 1.29 is 17.9 Å². The van der Waals surface area contributed by atoms with Crippen LogP contribution in [0.15, 0.2) is 23.2 Å². The maximum absolute atomic E-state index is 12.5. The lowest BCUT2D eigenvalue weighted by atomic mass is 10.1. The Bertz CT molecular complexity index is 787. The van der Waals surface area contributed by atoms with E-state index < -0.39 is 21.5 Å². The van der Waals surface area contributed by atoms with Crippen molar-refractivity contribution >= 4 is 26.9 Å². The monoisotopic (exact) mass is 311 g/mol. The summed E-state index contributed by atoms with van der Waals surface area (Å²) in [4.78, 5) is 11.8. The van der Waals surface area contributed by atoms with Gasteiger partial charge in [-0.25, -0.2) is 17.9 Å². The van der Waals surface area contributed by atoms with Crippen molar-refractivity contribution in [2.24, 2.45) is 0 Å². The number of esters is 1. The molecule has 2 aromatic rings. The molecule has 0 aliphatic carbocycles. The number of methoxy groups -OCH3 is 1. The minimum atomic E-state index is -3.84. The molecule has 0 amide bonds. The highest BCUT2D eigenvalue weighted by Gasteiger charge is 2.28. The van der Waals surface area contributed by atoms with E-state index in [1.807, 2.05) is 0 Å². The molecule has 21 heavy (non-hydrogen) atoms. The number of hydrogen-bond acceptors (Lipinski definition) is 5. The number of nitrogens with zero attached hydrogens (tertiary/aromatic N) is 1. The number of sulfonamides is 1. The number of benzene rings is 1. The van der Waals surface area contributed by atoms with Gasteiger partial charge in [0.05, 0.1) is 23.6 Å². The van der Waals surface area contributed by atoms with Gasteiger partial charge in [0.15, 0.2) is 5.03 Å². The first-order chi connectivity index (χ1) is 9.65. The summed E-state index contributed by atoms with van der Waals surface area (Å²) in [6, 6.07) is 4.73.